The van der Waals surface area contributed by atoms with Crippen LogP contribution in [0, 0.1) is 13.8 Å². The predicted molar refractivity (Wildman–Crippen MR) is 109 cm³/mol. The van der Waals surface area contributed by atoms with Gasteiger partial charge in [0.15, 0.2) is 0 Å². The highest BCUT2D eigenvalue weighted by Crippen LogP contribution is 2.20. The van der Waals surface area contributed by atoms with Gasteiger partial charge >= 0.3 is 0 Å². The second-order valence-electron chi connectivity index (χ2n) is 6.63. The van der Waals surface area contributed by atoms with E-state index in [-0.39, 0.29) is 0 Å². The van der Waals surface area contributed by atoms with Gasteiger partial charge in [0, 0.05) is 43.8 Å². The van der Waals surface area contributed by atoms with Crippen molar-refractivity contribution in [1.29, 1.82) is 0 Å². The van der Waals surface area contributed by atoms with Crippen LogP contribution in [0.4, 0.5) is 23.1 Å². The van der Waals surface area contributed by atoms with Crippen molar-refractivity contribution < 1.29 is 0 Å². The highest BCUT2D eigenvalue weighted by Gasteiger charge is 2.04. The van der Waals surface area contributed by atoms with Crippen LogP contribution in [-0.4, -0.2) is 24.1 Å². The molecular weight excluding hydrogens is 322 g/mol. The quantitative estimate of drug-likeness (QED) is 0.687. The molecule has 0 aliphatic carbocycles. The van der Waals surface area contributed by atoms with Crippen LogP contribution in [0.1, 0.15) is 16.8 Å². The van der Waals surface area contributed by atoms with Crippen molar-refractivity contribution in [3.05, 3.63) is 71.4 Å². The van der Waals surface area contributed by atoms with Gasteiger partial charge in [-0.15, -0.1) is 0 Å². The topological polar surface area (TPSA) is 53.1 Å². The van der Waals surface area contributed by atoms with Gasteiger partial charge in [0.2, 0.25) is 5.95 Å². The average molecular weight is 347 g/mol. The van der Waals surface area contributed by atoms with Crippen LogP contribution >= 0.6 is 0 Å². The minimum Gasteiger partial charge on any atom is -0.378 e. The molecule has 0 unspecified atom stereocenters. The van der Waals surface area contributed by atoms with E-state index in [1.165, 1.54) is 11.1 Å². The van der Waals surface area contributed by atoms with E-state index in [0.29, 0.717) is 12.5 Å². The molecule has 0 fully saturated rings. The fraction of sp³-hybridized carbons (Fsp3) is 0.238. The summed E-state index contributed by atoms with van der Waals surface area (Å²) < 4.78 is 0. The molecule has 1 heterocycles. The summed E-state index contributed by atoms with van der Waals surface area (Å²) in [5.41, 5.74) is 5.54. The minimum atomic E-state index is 0.624. The van der Waals surface area contributed by atoms with Gasteiger partial charge < -0.3 is 15.5 Å². The minimum absolute atomic E-state index is 0.624. The molecule has 3 rings (SSSR count). The van der Waals surface area contributed by atoms with Crippen molar-refractivity contribution in [1.82, 2.24) is 9.97 Å². The van der Waals surface area contributed by atoms with E-state index >= 15 is 0 Å². The molecule has 3 aromatic rings. The molecule has 0 aliphatic rings. The number of hydrogen-bond acceptors (Lipinski definition) is 5. The van der Waals surface area contributed by atoms with E-state index in [2.05, 4.69) is 68.8 Å². The third-order valence-electron chi connectivity index (χ3n) is 4.04. The van der Waals surface area contributed by atoms with Gasteiger partial charge in [-0.05, 0) is 43.7 Å². The number of hydrogen-bond donors (Lipinski definition) is 2. The summed E-state index contributed by atoms with van der Waals surface area (Å²) in [5, 5.41) is 6.66. The van der Waals surface area contributed by atoms with Gasteiger partial charge in [0.05, 0.1) is 0 Å². The number of aryl methyl sites for hydroxylation is 2. The number of nitrogens with zero attached hydrogens (tertiary/aromatic N) is 3. The maximum absolute atomic E-state index is 4.58. The van der Waals surface area contributed by atoms with Gasteiger partial charge in [0.1, 0.15) is 5.82 Å². The van der Waals surface area contributed by atoms with Crippen molar-refractivity contribution in [3.8, 4) is 0 Å². The third-order valence-corrected chi connectivity index (χ3v) is 4.04. The molecule has 0 saturated heterocycles. The molecule has 134 valence electrons. The van der Waals surface area contributed by atoms with Gasteiger partial charge in [-0.2, -0.15) is 4.98 Å². The highest BCUT2D eigenvalue weighted by molar-refractivity contribution is 5.61. The number of nitrogens with one attached hydrogen (secondary N) is 2. The lowest BCUT2D eigenvalue weighted by Gasteiger charge is -2.14. The van der Waals surface area contributed by atoms with E-state index < -0.39 is 0 Å². The van der Waals surface area contributed by atoms with Crippen LogP contribution in [0.5, 0.6) is 0 Å². The maximum atomic E-state index is 4.58. The molecule has 0 radical (unpaired) electrons. The van der Waals surface area contributed by atoms with E-state index in [1.54, 1.807) is 0 Å². The maximum Gasteiger partial charge on any atom is 0.225 e. The Balaban J connectivity index is 1.70. The molecule has 2 N–H and O–H groups in total. The summed E-state index contributed by atoms with van der Waals surface area (Å²) in [6.07, 6.45) is 0. The van der Waals surface area contributed by atoms with E-state index in [4.69, 9.17) is 0 Å². The van der Waals surface area contributed by atoms with E-state index in [9.17, 15) is 0 Å². The number of aromatic nitrogens is 2. The first-order valence-electron chi connectivity index (χ1n) is 8.69. The van der Waals surface area contributed by atoms with E-state index in [1.807, 2.05) is 39.2 Å². The van der Waals surface area contributed by atoms with Gasteiger partial charge in [-0.1, -0.05) is 29.8 Å². The Morgan fingerprint density at radius 1 is 0.923 bits per heavy atom. The zero-order valence-electron chi connectivity index (χ0n) is 15.7. The lowest BCUT2D eigenvalue weighted by atomic mass is 10.1. The normalized spacial score (nSPS) is 10.5. The highest BCUT2D eigenvalue weighted by atomic mass is 15.1. The van der Waals surface area contributed by atoms with Crippen LogP contribution in [0.3, 0.4) is 0 Å². The molecule has 0 spiro atoms. The number of anilines is 4. The van der Waals surface area contributed by atoms with Gasteiger partial charge in [0.25, 0.3) is 0 Å². The molecular formula is C21H25N5. The summed E-state index contributed by atoms with van der Waals surface area (Å²) >= 11 is 0. The van der Waals surface area contributed by atoms with Crippen molar-refractivity contribution >= 4 is 23.1 Å². The van der Waals surface area contributed by atoms with Gasteiger partial charge in [-0.3, -0.25) is 0 Å². The van der Waals surface area contributed by atoms with Crippen molar-refractivity contribution in [2.75, 3.05) is 29.6 Å². The monoisotopic (exact) mass is 347 g/mol. The Bertz CT molecular complexity index is 872. The third kappa shape index (κ3) is 4.72. The standard InChI is InChI=1S/C21H25N5/c1-15-6-5-7-17(12-15)14-22-21-23-16(2)13-20(25-21)24-18-8-10-19(11-9-18)26(3)4/h5-13H,14H2,1-4H3,(H2,22,23,24,25). The van der Waals surface area contributed by atoms with Crippen LogP contribution in [0.2, 0.25) is 0 Å². The van der Waals surface area contributed by atoms with Crippen molar-refractivity contribution in [2.45, 2.75) is 20.4 Å². The average Bonchev–Trinajstić information content (AvgIpc) is 2.60. The number of benzene rings is 2. The van der Waals surface area contributed by atoms with Crippen LogP contribution < -0.4 is 15.5 Å². The lowest BCUT2D eigenvalue weighted by molar-refractivity contribution is 1.03. The molecule has 26 heavy (non-hydrogen) atoms. The Morgan fingerprint density at radius 3 is 2.38 bits per heavy atom. The molecule has 0 bridgehead atoms. The van der Waals surface area contributed by atoms with Gasteiger partial charge in [-0.25, -0.2) is 4.98 Å². The second-order valence-corrected chi connectivity index (χ2v) is 6.63. The zero-order valence-corrected chi connectivity index (χ0v) is 15.7. The molecule has 0 saturated carbocycles. The lowest BCUT2D eigenvalue weighted by Crippen LogP contribution is -2.08. The molecule has 1 aromatic heterocycles. The Kier molecular flexibility index (Phi) is 5.37. The van der Waals surface area contributed by atoms with Crippen molar-refractivity contribution in [3.63, 3.8) is 0 Å². The van der Waals surface area contributed by atoms with E-state index in [0.717, 1.165) is 22.9 Å². The first-order valence-corrected chi connectivity index (χ1v) is 8.69. The van der Waals surface area contributed by atoms with Crippen molar-refractivity contribution in [2.24, 2.45) is 0 Å². The SMILES string of the molecule is Cc1cccc(CNc2nc(C)cc(Nc3ccc(N(C)C)cc3)n2)c1. The Labute approximate surface area is 155 Å². The molecule has 0 atom stereocenters. The first kappa shape index (κ1) is 17.7. The summed E-state index contributed by atoms with van der Waals surface area (Å²) in [4.78, 5) is 11.1. The molecule has 5 heteroatoms. The second kappa shape index (κ2) is 7.87. The Morgan fingerprint density at radius 2 is 1.69 bits per heavy atom. The smallest absolute Gasteiger partial charge is 0.225 e. The summed E-state index contributed by atoms with van der Waals surface area (Å²) in [6, 6.07) is 18.6. The fourth-order valence-corrected chi connectivity index (χ4v) is 2.71. The molecule has 0 amide bonds. The summed E-state index contributed by atoms with van der Waals surface area (Å²) in [7, 11) is 4.06. The predicted octanol–water partition coefficient (Wildman–Crippen LogP) is 4.52. The number of rotatable bonds is 6. The fourth-order valence-electron chi connectivity index (χ4n) is 2.71. The van der Waals surface area contributed by atoms with Crippen LogP contribution in [0.25, 0.3) is 0 Å². The van der Waals surface area contributed by atoms with Crippen LogP contribution in [0.15, 0.2) is 54.6 Å². The Hall–Kier alpha value is -3.08. The summed E-state index contributed by atoms with van der Waals surface area (Å²) in [6.45, 7) is 4.76. The van der Waals surface area contributed by atoms with Crippen LogP contribution in [-0.2, 0) is 6.54 Å². The first-order chi connectivity index (χ1) is 12.5. The zero-order chi connectivity index (χ0) is 18.5. The molecule has 0 aliphatic heterocycles. The molecule has 2 aromatic carbocycles. The largest absolute Gasteiger partial charge is 0.378 e. The summed E-state index contributed by atoms with van der Waals surface area (Å²) in [5.74, 6) is 1.40. The molecule has 5 nitrogen and oxygen atoms in total.